The van der Waals surface area contributed by atoms with E-state index in [4.69, 9.17) is 9.47 Å². The van der Waals surface area contributed by atoms with Gasteiger partial charge in [-0.05, 0) is 99.8 Å². The van der Waals surface area contributed by atoms with Crippen LogP contribution in [0.5, 0.6) is 5.75 Å². The van der Waals surface area contributed by atoms with Gasteiger partial charge in [0.2, 0.25) is 5.91 Å². The van der Waals surface area contributed by atoms with E-state index in [-0.39, 0.29) is 35.5 Å². The van der Waals surface area contributed by atoms with Gasteiger partial charge in [-0.3, -0.25) is 4.79 Å². The van der Waals surface area contributed by atoms with Gasteiger partial charge in [0.25, 0.3) is 0 Å². The normalized spacial score (nSPS) is 25.4. The number of hydrogen-bond donors (Lipinski definition) is 2. The van der Waals surface area contributed by atoms with Gasteiger partial charge in [-0.15, -0.1) is 0 Å². The van der Waals surface area contributed by atoms with Gasteiger partial charge in [-0.25, -0.2) is 0 Å². The van der Waals surface area contributed by atoms with E-state index in [0.29, 0.717) is 0 Å². The van der Waals surface area contributed by atoms with Crippen LogP contribution in [0.4, 0.5) is 0 Å². The van der Waals surface area contributed by atoms with Crippen molar-refractivity contribution in [1.82, 2.24) is 10.6 Å². The fourth-order valence-corrected chi connectivity index (χ4v) is 6.66. The molecular weight excluding hydrogens is 436 g/mol. The lowest BCUT2D eigenvalue weighted by atomic mass is 9.72. The van der Waals surface area contributed by atoms with Crippen LogP contribution in [0.2, 0.25) is 0 Å². The number of ether oxygens (including phenoxy) is 2. The lowest BCUT2D eigenvalue weighted by Gasteiger charge is -2.36. The highest BCUT2D eigenvalue weighted by molar-refractivity contribution is 5.80. The second-order valence-corrected chi connectivity index (χ2v) is 11.0. The number of methoxy groups -OCH3 is 1. The minimum Gasteiger partial charge on any atom is -0.491 e. The number of rotatable bonds is 6. The number of amides is 1. The summed E-state index contributed by atoms with van der Waals surface area (Å²) < 4.78 is 11.5. The third kappa shape index (κ3) is 4.99. The number of carbonyl (C=O) groups is 1. The van der Waals surface area contributed by atoms with Gasteiger partial charge in [-0.1, -0.05) is 36.8 Å². The smallest absolute Gasteiger partial charge is 0.223 e. The molecule has 3 atom stereocenters. The van der Waals surface area contributed by atoms with Crippen molar-refractivity contribution >= 4 is 5.91 Å². The van der Waals surface area contributed by atoms with Crippen molar-refractivity contribution < 1.29 is 14.3 Å². The van der Waals surface area contributed by atoms with Crippen molar-refractivity contribution in [2.45, 2.75) is 82.5 Å². The van der Waals surface area contributed by atoms with Crippen molar-refractivity contribution in [1.29, 1.82) is 0 Å². The Morgan fingerprint density at radius 3 is 2.57 bits per heavy atom. The summed E-state index contributed by atoms with van der Waals surface area (Å²) in [5.74, 6) is 1.16. The highest BCUT2D eigenvalue weighted by Gasteiger charge is 2.46. The van der Waals surface area contributed by atoms with Crippen LogP contribution in [0, 0.1) is 5.92 Å². The Labute approximate surface area is 210 Å². The Morgan fingerprint density at radius 1 is 1.09 bits per heavy atom. The number of piperidine rings is 1. The van der Waals surface area contributed by atoms with E-state index in [1.165, 1.54) is 22.3 Å². The average molecular weight is 477 g/mol. The number of fused-ring (bicyclic) bond motifs is 2. The molecule has 5 heteroatoms. The molecule has 3 unspecified atom stereocenters. The molecule has 1 heterocycles. The van der Waals surface area contributed by atoms with Crippen LogP contribution in [0.3, 0.4) is 0 Å². The summed E-state index contributed by atoms with van der Waals surface area (Å²) >= 11 is 0. The molecule has 2 aromatic carbocycles. The number of carbonyl (C=O) groups excluding carboxylic acids is 1. The maximum atomic E-state index is 13.4. The lowest BCUT2D eigenvalue weighted by Crippen LogP contribution is -2.40. The largest absolute Gasteiger partial charge is 0.491 e. The minimum absolute atomic E-state index is 0.0541. The maximum Gasteiger partial charge on any atom is 0.223 e. The molecule has 3 aliphatic rings. The van der Waals surface area contributed by atoms with Crippen molar-refractivity contribution in [2.24, 2.45) is 5.92 Å². The molecule has 5 nitrogen and oxygen atoms in total. The molecule has 1 aliphatic heterocycles. The van der Waals surface area contributed by atoms with E-state index in [1.807, 2.05) is 0 Å². The molecule has 2 N–H and O–H groups in total. The summed E-state index contributed by atoms with van der Waals surface area (Å²) in [6.07, 6.45) is 7.49. The predicted molar refractivity (Wildman–Crippen MR) is 140 cm³/mol. The van der Waals surface area contributed by atoms with E-state index < -0.39 is 0 Å². The second kappa shape index (κ2) is 10.3. The van der Waals surface area contributed by atoms with Crippen LogP contribution in [-0.2, 0) is 14.9 Å². The van der Waals surface area contributed by atoms with Crippen molar-refractivity contribution in [3.8, 4) is 16.9 Å². The fraction of sp³-hybridized carbons (Fsp3) is 0.567. The summed E-state index contributed by atoms with van der Waals surface area (Å²) in [6, 6.07) is 15.3. The van der Waals surface area contributed by atoms with Gasteiger partial charge in [0.05, 0.1) is 18.2 Å². The molecule has 2 fully saturated rings. The Kier molecular flexibility index (Phi) is 7.17. The summed E-state index contributed by atoms with van der Waals surface area (Å²) in [5, 5.41) is 7.05. The number of nitrogens with one attached hydrogen (secondary N) is 2. The molecule has 0 bridgehead atoms. The quantitative estimate of drug-likeness (QED) is 0.576. The third-order valence-corrected chi connectivity index (χ3v) is 8.34. The summed E-state index contributed by atoms with van der Waals surface area (Å²) in [7, 11) is 1.77. The van der Waals surface area contributed by atoms with Crippen molar-refractivity contribution in [3.05, 3.63) is 53.6 Å². The Hall–Kier alpha value is -2.37. The van der Waals surface area contributed by atoms with E-state index >= 15 is 0 Å². The molecule has 1 saturated carbocycles. The molecule has 1 amide bonds. The molecule has 0 aromatic heterocycles. The molecule has 0 radical (unpaired) electrons. The van der Waals surface area contributed by atoms with Gasteiger partial charge in [-0.2, -0.15) is 0 Å². The summed E-state index contributed by atoms with van der Waals surface area (Å²) in [6.45, 7) is 6.15. The molecule has 2 aliphatic carbocycles. The molecule has 188 valence electrons. The van der Waals surface area contributed by atoms with Gasteiger partial charge in [0, 0.05) is 18.4 Å². The molecule has 1 saturated heterocycles. The van der Waals surface area contributed by atoms with Crippen LogP contribution in [0.1, 0.15) is 76.0 Å². The first-order chi connectivity index (χ1) is 17.0. The third-order valence-electron chi connectivity index (χ3n) is 8.34. The second-order valence-electron chi connectivity index (χ2n) is 11.0. The monoisotopic (exact) mass is 476 g/mol. The zero-order valence-electron chi connectivity index (χ0n) is 21.4. The highest BCUT2D eigenvalue weighted by Crippen LogP contribution is 2.53. The molecule has 5 rings (SSSR count). The van der Waals surface area contributed by atoms with E-state index in [1.54, 1.807) is 7.11 Å². The Morgan fingerprint density at radius 2 is 1.86 bits per heavy atom. The Bertz CT molecular complexity index is 1030. The number of hydrogen-bond acceptors (Lipinski definition) is 4. The van der Waals surface area contributed by atoms with Crippen LogP contribution < -0.4 is 15.4 Å². The van der Waals surface area contributed by atoms with Crippen LogP contribution in [-0.4, -0.2) is 38.3 Å². The Balaban J connectivity index is 1.45. The number of benzene rings is 2. The molecular formula is C30H40N2O3. The SMILES string of the molecule is COC1CCCC(C(=O)NC2CC3(CCNCC3)c3c(-c4ccc(OC(C)C)cc4)cccc32)C1. The zero-order valence-corrected chi connectivity index (χ0v) is 21.4. The molecule has 1 spiro atoms. The topological polar surface area (TPSA) is 59.6 Å². The minimum atomic E-state index is 0.0541. The first-order valence-electron chi connectivity index (χ1n) is 13.4. The van der Waals surface area contributed by atoms with Crippen molar-refractivity contribution in [3.63, 3.8) is 0 Å². The van der Waals surface area contributed by atoms with Crippen LogP contribution in [0.15, 0.2) is 42.5 Å². The zero-order chi connectivity index (χ0) is 24.4. The molecule has 2 aromatic rings. The average Bonchev–Trinajstić information content (AvgIpc) is 3.17. The van der Waals surface area contributed by atoms with Gasteiger partial charge in [0.15, 0.2) is 0 Å². The summed E-state index contributed by atoms with van der Waals surface area (Å²) in [5.41, 5.74) is 5.37. The lowest BCUT2D eigenvalue weighted by molar-refractivity contribution is -0.128. The van der Waals surface area contributed by atoms with Gasteiger partial charge >= 0.3 is 0 Å². The van der Waals surface area contributed by atoms with Crippen LogP contribution in [0.25, 0.3) is 11.1 Å². The van der Waals surface area contributed by atoms with Gasteiger partial charge in [0.1, 0.15) is 5.75 Å². The van der Waals surface area contributed by atoms with E-state index in [9.17, 15) is 4.79 Å². The highest BCUT2D eigenvalue weighted by atomic mass is 16.5. The fourth-order valence-electron chi connectivity index (χ4n) is 6.66. The van der Waals surface area contributed by atoms with E-state index in [0.717, 1.165) is 63.8 Å². The van der Waals surface area contributed by atoms with Crippen molar-refractivity contribution in [2.75, 3.05) is 20.2 Å². The van der Waals surface area contributed by atoms with Gasteiger partial charge < -0.3 is 20.1 Å². The first-order valence-corrected chi connectivity index (χ1v) is 13.4. The van der Waals surface area contributed by atoms with E-state index in [2.05, 4.69) is 66.9 Å². The standard InChI is InChI=1S/C30H40N2O3/c1-20(2)35-23-12-10-21(11-13-23)25-8-5-9-26-27(19-30(28(25)26)14-16-31-17-15-30)32-29(33)22-6-4-7-24(18-22)34-3/h5,8-13,20,22,24,27,31H,4,6-7,14-19H2,1-3H3,(H,32,33). The predicted octanol–water partition coefficient (Wildman–Crippen LogP) is 5.53. The molecule has 35 heavy (non-hydrogen) atoms. The maximum absolute atomic E-state index is 13.4. The van der Waals surface area contributed by atoms with Crippen LogP contribution >= 0.6 is 0 Å². The first kappa shape index (κ1) is 24.3. The summed E-state index contributed by atoms with van der Waals surface area (Å²) in [4.78, 5) is 13.4.